The van der Waals surface area contributed by atoms with E-state index in [1.807, 2.05) is 60.0 Å². The van der Waals surface area contributed by atoms with Crippen molar-refractivity contribution < 1.29 is 4.74 Å². The average Bonchev–Trinajstić information content (AvgIpc) is 2.99. The monoisotopic (exact) mass is 413 g/mol. The Kier molecular flexibility index (Phi) is 4.55. The van der Waals surface area contributed by atoms with Gasteiger partial charge in [0.2, 0.25) is 0 Å². The number of aryl methyl sites for hydroxylation is 1. The molecular weight excluding hydrogens is 398 g/mol. The number of hydrogen-bond acceptors (Lipinski definition) is 5. The minimum Gasteiger partial charge on any atom is -0.497 e. The zero-order valence-electron chi connectivity index (χ0n) is 14.6. The van der Waals surface area contributed by atoms with Crippen molar-refractivity contribution in [2.45, 2.75) is 6.92 Å². The maximum atomic E-state index is 13.2. The number of aromatic nitrogens is 3. The van der Waals surface area contributed by atoms with Crippen LogP contribution in [0.3, 0.4) is 0 Å². The molecule has 0 aliphatic heterocycles. The number of benzene rings is 2. The van der Waals surface area contributed by atoms with Crippen LogP contribution in [0.25, 0.3) is 21.7 Å². The van der Waals surface area contributed by atoms with Gasteiger partial charge in [0.25, 0.3) is 5.56 Å². The quantitative estimate of drug-likeness (QED) is 0.483. The topological polar surface area (TPSA) is 51.9 Å². The molecule has 8 heteroatoms. The second-order valence-corrected chi connectivity index (χ2v) is 7.97. The Balaban J connectivity index is 2.06. The highest BCUT2D eigenvalue weighted by Gasteiger charge is 2.16. The van der Waals surface area contributed by atoms with Gasteiger partial charge >= 0.3 is 0 Å². The summed E-state index contributed by atoms with van der Waals surface area (Å²) in [6.07, 6.45) is 0. The molecule has 5 nitrogen and oxygen atoms in total. The maximum absolute atomic E-state index is 13.2. The van der Waals surface area contributed by atoms with E-state index in [4.69, 9.17) is 29.2 Å². The molecular formula is C19H15N3O2S3. The first kappa shape index (κ1) is 17.8. The van der Waals surface area contributed by atoms with Crippen LogP contribution in [-0.4, -0.2) is 21.2 Å². The number of rotatable bonds is 3. The van der Waals surface area contributed by atoms with E-state index < -0.39 is 0 Å². The maximum Gasteiger partial charge on any atom is 0.278 e. The van der Waals surface area contributed by atoms with E-state index in [0.29, 0.717) is 24.8 Å². The molecule has 0 aliphatic rings. The fourth-order valence-corrected chi connectivity index (χ4v) is 4.60. The number of thiazole rings is 1. The van der Waals surface area contributed by atoms with Crippen LogP contribution in [0.2, 0.25) is 0 Å². The molecule has 0 spiro atoms. The summed E-state index contributed by atoms with van der Waals surface area (Å²) in [6, 6.07) is 15.2. The predicted molar refractivity (Wildman–Crippen MR) is 114 cm³/mol. The standard InChI is InChI=1S/C19H15N3O2S3/c1-11-6-3-4-9-14(11)22-17(23)15-16(20-18(22)25)21(19(26)27-15)12-7-5-8-13(10-12)24-2/h3-10H,1-2H3,(H,20,25). The van der Waals surface area contributed by atoms with Crippen molar-refractivity contribution >= 4 is 46.1 Å². The van der Waals surface area contributed by atoms with Gasteiger partial charge in [-0.25, -0.2) is 0 Å². The van der Waals surface area contributed by atoms with E-state index in [0.717, 1.165) is 16.9 Å². The lowest BCUT2D eigenvalue weighted by Gasteiger charge is -2.11. The molecule has 0 radical (unpaired) electrons. The number of H-pyrrole nitrogens is 1. The molecule has 4 rings (SSSR count). The molecule has 0 unspecified atom stereocenters. The van der Waals surface area contributed by atoms with Crippen LogP contribution in [0.4, 0.5) is 0 Å². The van der Waals surface area contributed by atoms with Gasteiger partial charge in [-0.3, -0.25) is 13.9 Å². The molecule has 2 aromatic carbocycles. The Bertz CT molecular complexity index is 1340. The predicted octanol–water partition coefficient (Wildman–Crippen LogP) is 4.95. The van der Waals surface area contributed by atoms with Gasteiger partial charge in [0, 0.05) is 6.07 Å². The van der Waals surface area contributed by atoms with E-state index in [1.54, 1.807) is 7.11 Å². The summed E-state index contributed by atoms with van der Waals surface area (Å²) in [4.78, 5) is 16.4. The average molecular weight is 414 g/mol. The van der Waals surface area contributed by atoms with Crippen LogP contribution >= 0.6 is 35.8 Å². The first-order valence-electron chi connectivity index (χ1n) is 8.12. The lowest BCUT2D eigenvalue weighted by Crippen LogP contribution is -2.21. The van der Waals surface area contributed by atoms with Crippen molar-refractivity contribution in [3.63, 3.8) is 0 Å². The van der Waals surface area contributed by atoms with Crippen LogP contribution in [0.15, 0.2) is 53.3 Å². The zero-order chi connectivity index (χ0) is 19.1. The number of ether oxygens (including phenoxy) is 1. The van der Waals surface area contributed by atoms with Crippen LogP contribution in [0.1, 0.15) is 5.56 Å². The van der Waals surface area contributed by atoms with E-state index in [9.17, 15) is 4.79 Å². The molecule has 2 heterocycles. The molecule has 0 bridgehead atoms. The van der Waals surface area contributed by atoms with E-state index in [2.05, 4.69) is 4.98 Å². The van der Waals surface area contributed by atoms with Crippen LogP contribution in [-0.2, 0) is 0 Å². The van der Waals surface area contributed by atoms with Crippen molar-refractivity contribution in [1.82, 2.24) is 14.1 Å². The summed E-state index contributed by atoms with van der Waals surface area (Å²) < 4.78 is 10.1. The molecule has 0 saturated heterocycles. The normalized spacial score (nSPS) is 11.0. The SMILES string of the molecule is COc1cccc(-n2c(=S)sc3c(=O)n(-c4ccccc4C)c(=S)[nH]c32)c1. The second-order valence-electron chi connectivity index (χ2n) is 5.94. The van der Waals surface area contributed by atoms with Crippen LogP contribution in [0, 0.1) is 15.6 Å². The van der Waals surface area contributed by atoms with Crippen LogP contribution in [0.5, 0.6) is 5.75 Å². The number of aromatic amines is 1. The minimum atomic E-state index is -0.180. The third-order valence-electron chi connectivity index (χ3n) is 4.30. The summed E-state index contributed by atoms with van der Waals surface area (Å²) in [5.74, 6) is 0.709. The number of nitrogens with one attached hydrogen (secondary N) is 1. The lowest BCUT2D eigenvalue weighted by molar-refractivity contribution is 0.414. The van der Waals surface area contributed by atoms with Crippen LogP contribution < -0.4 is 10.3 Å². The molecule has 0 saturated carbocycles. The number of para-hydroxylation sites is 1. The summed E-state index contributed by atoms with van der Waals surface area (Å²) in [6.45, 7) is 1.95. The Labute approximate surface area is 169 Å². The zero-order valence-corrected chi connectivity index (χ0v) is 17.0. The van der Waals surface area contributed by atoms with Gasteiger partial charge in [0.15, 0.2) is 8.73 Å². The molecule has 4 aromatic rings. The van der Waals surface area contributed by atoms with Gasteiger partial charge in [0.05, 0.1) is 18.5 Å². The van der Waals surface area contributed by atoms with Crippen molar-refractivity contribution in [3.8, 4) is 17.1 Å². The fraction of sp³-hybridized carbons (Fsp3) is 0.105. The first-order chi connectivity index (χ1) is 13.0. The number of methoxy groups -OCH3 is 1. The molecule has 2 aromatic heterocycles. The smallest absolute Gasteiger partial charge is 0.278 e. The van der Waals surface area contributed by atoms with Gasteiger partial charge in [0.1, 0.15) is 16.1 Å². The first-order valence-corrected chi connectivity index (χ1v) is 9.76. The molecule has 0 aliphatic carbocycles. The molecule has 1 N–H and O–H groups in total. The summed E-state index contributed by atoms with van der Waals surface area (Å²) >= 11 is 12.3. The molecule has 0 atom stereocenters. The lowest BCUT2D eigenvalue weighted by atomic mass is 10.2. The third kappa shape index (κ3) is 2.95. The van der Waals surface area contributed by atoms with Gasteiger partial charge in [-0.15, -0.1) is 0 Å². The highest BCUT2D eigenvalue weighted by Crippen LogP contribution is 2.26. The largest absolute Gasteiger partial charge is 0.497 e. The van der Waals surface area contributed by atoms with Crippen molar-refractivity contribution in [3.05, 3.63) is 73.2 Å². The van der Waals surface area contributed by atoms with Crippen molar-refractivity contribution in [2.24, 2.45) is 0 Å². The fourth-order valence-electron chi connectivity index (χ4n) is 3.00. The van der Waals surface area contributed by atoms with E-state index in [1.165, 1.54) is 15.9 Å². The molecule has 0 fully saturated rings. The minimum absolute atomic E-state index is 0.180. The number of fused-ring (bicyclic) bond motifs is 1. The highest BCUT2D eigenvalue weighted by molar-refractivity contribution is 7.73. The summed E-state index contributed by atoms with van der Waals surface area (Å²) in [5.41, 5.74) is 2.95. The molecule has 136 valence electrons. The van der Waals surface area contributed by atoms with Crippen molar-refractivity contribution in [1.29, 1.82) is 0 Å². The summed E-state index contributed by atoms with van der Waals surface area (Å²) in [5, 5.41) is 0. The van der Waals surface area contributed by atoms with Gasteiger partial charge < -0.3 is 9.72 Å². The number of hydrogen-bond donors (Lipinski definition) is 1. The molecule has 27 heavy (non-hydrogen) atoms. The van der Waals surface area contributed by atoms with E-state index in [-0.39, 0.29) is 5.56 Å². The van der Waals surface area contributed by atoms with E-state index >= 15 is 0 Å². The Morgan fingerprint density at radius 3 is 2.59 bits per heavy atom. The second kappa shape index (κ2) is 6.88. The highest BCUT2D eigenvalue weighted by atomic mass is 32.1. The van der Waals surface area contributed by atoms with Gasteiger partial charge in [-0.1, -0.05) is 35.6 Å². The molecule has 0 amide bonds. The third-order valence-corrected chi connectivity index (χ3v) is 5.95. The number of nitrogens with zero attached hydrogens (tertiary/aromatic N) is 2. The summed E-state index contributed by atoms with van der Waals surface area (Å²) in [7, 11) is 1.61. The van der Waals surface area contributed by atoms with Crippen molar-refractivity contribution in [2.75, 3.05) is 7.11 Å². The Morgan fingerprint density at radius 2 is 1.85 bits per heavy atom. The van der Waals surface area contributed by atoms with Gasteiger partial charge in [-0.05, 0) is 55.1 Å². The van der Waals surface area contributed by atoms with Gasteiger partial charge in [-0.2, -0.15) is 0 Å². The Morgan fingerprint density at radius 1 is 1.07 bits per heavy atom. The Hall–Kier alpha value is -2.55.